The number of hydrogen-bond donors (Lipinski definition) is 2. The Morgan fingerprint density at radius 2 is 1.82 bits per heavy atom. The highest BCUT2D eigenvalue weighted by molar-refractivity contribution is 5.84. The van der Waals surface area contributed by atoms with Gasteiger partial charge in [-0.15, -0.1) is 0 Å². The monoisotopic (exact) mass is 387 g/mol. The molecule has 0 aromatic heterocycles. The fourth-order valence-electron chi connectivity index (χ4n) is 3.23. The summed E-state index contributed by atoms with van der Waals surface area (Å²) in [6.07, 6.45) is 4.63. The molecule has 1 aliphatic rings. The van der Waals surface area contributed by atoms with Crippen LogP contribution in [0.25, 0.3) is 0 Å². The molecule has 1 heterocycles. The second-order valence-corrected chi connectivity index (χ2v) is 7.92. The van der Waals surface area contributed by atoms with Gasteiger partial charge in [0, 0.05) is 27.2 Å². The Balaban J connectivity index is 1.74. The number of nitrogens with zero attached hydrogens (tertiary/aromatic N) is 3. The summed E-state index contributed by atoms with van der Waals surface area (Å²) in [4.78, 5) is 20.4. The Labute approximate surface area is 170 Å². The van der Waals surface area contributed by atoms with Crippen molar-refractivity contribution >= 4 is 11.9 Å². The molecule has 1 aromatic rings. The summed E-state index contributed by atoms with van der Waals surface area (Å²) in [6.45, 7) is 7.71. The Morgan fingerprint density at radius 1 is 1.14 bits per heavy atom. The van der Waals surface area contributed by atoms with Crippen LogP contribution in [0, 0.1) is 5.92 Å². The predicted molar refractivity (Wildman–Crippen MR) is 117 cm³/mol. The van der Waals surface area contributed by atoms with Gasteiger partial charge in [-0.3, -0.25) is 4.79 Å². The first-order chi connectivity index (χ1) is 13.5. The summed E-state index contributed by atoms with van der Waals surface area (Å²) in [5.41, 5.74) is 1.29. The normalized spacial score (nSPS) is 16.0. The summed E-state index contributed by atoms with van der Waals surface area (Å²) in [6, 6.07) is 10.4. The quantitative estimate of drug-likeness (QED) is 0.386. The van der Waals surface area contributed by atoms with Gasteiger partial charge in [0.1, 0.15) is 6.54 Å². The molecule has 0 unspecified atom stereocenters. The number of hydrogen-bond acceptors (Lipinski definition) is 3. The molecule has 0 aliphatic carbocycles. The number of aliphatic imine (C=N–C) groups is 1. The van der Waals surface area contributed by atoms with E-state index in [0.29, 0.717) is 0 Å². The summed E-state index contributed by atoms with van der Waals surface area (Å²) >= 11 is 0. The number of piperidine rings is 1. The van der Waals surface area contributed by atoms with Crippen molar-refractivity contribution < 1.29 is 4.79 Å². The highest BCUT2D eigenvalue weighted by atomic mass is 16.2. The lowest BCUT2D eigenvalue weighted by molar-refractivity contribution is -0.127. The van der Waals surface area contributed by atoms with Crippen molar-refractivity contribution in [2.75, 3.05) is 53.4 Å². The summed E-state index contributed by atoms with van der Waals surface area (Å²) in [7, 11) is 3.51. The van der Waals surface area contributed by atoms with Crippen molar-refractivity contribution in [2.24, 2.45) is 10.9 Å². The van der Waals surface area contributed by atoms with E-state index < -0.39 is 0 Å². The van der Waals surface area contributed by atoms with Crippen LogP contribution in [0.15, 0.2) is 35.3 Å². The number of amides is 1. The Hall–Kier alpha value is -2.08. The number of carbonyl (C=O) groups is 1. The number of rotatable bonds is 9. The van der Waals surface area contributed by atoms with E-state index >= 15 is 0 Å². The van der Waals surface area contributed by atoms with Gasteiger partial charge in [0.15, 0.2) is 5.96 Å². The van der Waals surface area contributed by atoms with E-state index in [4.69, 9.17) is 0 Å². The number of nitrogens with one attached hydrogen (secondary N) is 2. The summed E-state index contributed by atoms with van der Waals surface area (Å²) in [5, 5.41) is 6.75. The Kier molecular flexibility index (Phi) is 9.83. The molecule has 2 N–H and O–H groups in total. The predicted octanol–water partition coefficient (Wildman–Crippen LogP) is 1.97. The van der Waals surface area contributed by atoms with E-state index in [0.717, 1.165) is 44.4 Å². The molecule has 0 bridgehead atoms. The lowest BCUT2D eigenvalue weighted by Gasteiger charge is -2.30. The van der Waals surface area contributed by atoms with Crippen LogP contribution in [0.1, 0.15) is 31.7 Å². The van der Waals surface area contributed by atoms with Crippen molar-refractivity contribution in [3.63, 3.8) is 0 Å². The van der Waals surface area contributed by atoms with Gasteiger partial charge in [-0.2, -0.15) is 0 Å². The highest BCUT2D eigenvalue weighted by Gasteiger charge is 2.14. The van der Waals surface area contributed by atoms with Crippen molar-refractivity contribution in [2.45, 2.75) is 32.6 Å². The van der Waals surface area contributed by atoms with Crippen LogP contribution in [0.4, 0.5) is 0 Å². The van der Waals surface area contributed by atoms with Gasteiger partial charge < -0.3 is 20.4 Å². The zero-order valence-corrected chi connectivity index (χ0v) is 17.8. The maximum Gasteiger partial charge on any atom is 0.243 e. The molecule has 1 amide bonds. The number of likely N-dealkylation sites (tertiary alicyclic amines) is 1. The Bertz CT molecular complexity index is 594. The van der Waals surface area contributed by atoms with Gasteiger partial charge in [-0.1, -0.05) is 37.3 Å². The average molecular weight is 388 g/mol. The minimum absolute atomic E-state index is 0.00611. The van der Waals surface area contributed by atoms with E-state index in [1.54, 1.807) is 19.0 Å². The van der Waals surface area contributed by atoms with Gasteiger partial charge in [0.25, 0.3) is 0 Å². The van der Waals surface area contributed by atoms with E-state index in [2.05, 4.69) is 51.7 Å². The molecule has 6 heteroatoms. The summed E-state index contributed by atoms with van der Waals surface area (Å²) < 4.78 is 0. The SMILES string of the molecule is CC1CCN(CCCNC(=NCC(=O)N(C)C)NCCc2ccccc2)CC1. The van der Waals surface area contributed by atoms with Crippen LogP contribution in [0.5, 0.6) is 0 Å². The highest BCUT2D eigenvalue weighted by Crippen LogP contribution is 2.15. The van der Waals surface area contributed by atoms with Crippen LogP contribution >= 0.6 is 0 Å². The second-order valence-electron chi connectivity index (χ2n) is 7.92. The molecular formula is C22H37N5O. The number of benzene rings is 1. The maximum absolute atomic E-state index is 11.9. The maximum atomic E-state index is 11.9. The van der Waals surface area contributed by atoms with Crippen LogP contribution in [0.2, 0.25) is 0 Å². The average Bonchev–Trinajstić information content (AvgIpc) is 2.70. The van der Waals surface area contributed by atoms with Gasteiger partial charge in [0.05, 0.1) is 0 Å². The second kappa shape index (κ2) is 12.4. The molecule has 0 spiro atoms. The molecule has 0 atom stereocenters. The molecule has 28 heavy (non-hydrogen) atoms. The van der Waals surface area contributed by atoms with Crippen molar-refractivity contribution in [1.82, 2.24) is 20.4 Å². The van der Waals surface area contributed by atoms with E-state index in [9.17, 15) is 4.79 Å². The topological polar surface area (TPSA) is 60.0 Å². The number of guanidine groups is 1. The van der Waals surface area contributed by atoms with Crippen LogP contribution in [-0.4, -0.2) is 75.0 Å². The minimum atomic E-state index is 0.00611. The van der Waals surface area contributed by atoms with Gasteiger partial charge in [-0.25, -0.2) is 4.99 Å². The molecular weight excluding hydrogens is 350 g/mol. The third-order valence-electron chi connectivity index (χ3n) is 5.24. The van der Waals surface area contributed by atoms with E-state index in [1.165, 1.54) is 31.5 Å². The first-order valence-electron chi connectivity index (χ1n) is 10.5. The third-order valence-corrected chi connectivity index (χ3v) is 5.24. The van der Waals surface area contributed by atoms with Crippen LogP contribution in [-0.2, 0) is 11.2 Å². The molecule has 2 rings (SSSR count). The van der Waals surface area contributed by atoms with Crippen LogP contribution < -0.4 is 10.6 Å². The van der Waals surface area contributed by atoms with Crippen molar-refractivity contribution in [3.05, 3.63) is 35.9 Å². The van der Waals surface area contributed by atoms with Crippen molar-refractivity contribution in [3.8, 4) is 0 Å². The zero-order valence-electron chi connectivity index (χ0n) is 17.8. The number of carbonyl (C=O) groups excluding carboxylic acids is 1. The fourth-order valence-corrected chi connectivity index (χ4v) is 3.23. The lowest BCUT2D eigenvalue weighted by Crippen LogP contribution is -2.41. The molecule has 0 saturated carbocycles. The van der Waals surface area contributed by atoms with Gasteiger partial charge in [-0.05, 0) is 56.8 Å². The molecule has 1 saturated heterocycles. The fraction of sp³-hybridized carbons (Fsp3) is 0.636. The molecule has 1 aliphatic heterocycles. The summed E-state index contributed by atoms with van der Waals surface area (Å²) in [5.74, 6) is 1.60. The standard InChI is InChI=1S/C22H37N5O/c1-19-11-16-27(17-12-19)15-7-13-23-22(25-18-21(28)26(2)3)24-14-10-20-8-5-4-6-9-20/h4-6,8-9,19H,7,10-18H2,1-3H3,(H2,23,24,25). The largest absolute Gasteiger partial charge is 0.356 e. The molecule has 0 radical (unpaired) electrons. The van der Waals surface area contributed by atoms with Crippen LogP contribution in [0.3, 0.4) is 0 Å². The van der Waals surface area contributed by atoms with Gasteiger partial charge >= 0.3 is 0 Å². The number of likely N-dealkylation sites (N-methyl/N-ethyl adjacent to an activating group) is 1. The first kappa shape index (κ1) is 22.2. The molecule has 1 aromatic carbocycles. The Morgan fingerprint density at radius 3 is 2.50 bits per heavy atom. The minimum Gasteiger partial charge on any atom is -0.356 e. The lowest BCUT2D eigenvalue weighted by atomic mass is 9.99. The van der Waals surface area contributed by atoms with Crippen molar-refractivity contribution in [1.29, 1.82) is 0 Å². The first-order valence-corrected chi connectivity index (χ1v) is 10.5. The molecule has 1 fully saturated rings. The van der Waals surface area contributed by atoms with Gasteiger partial charge in [0.2, 0.25) is 5.91 Å². The third kappa shape index (κ3) is 8.74. The molecule has 6 nitrogen and oxygen atoms in total. The van der Waals surface area contributed by atoms with E-state index in [-0.39, 0.29) is 12.5 Å². The zero-order chi connectivity index (χ0) is 20.2. The van der Waals surface area contributed by atoms with E-state index in [1.807, 2.05) is 6.07 Å². The molecule has 156 valence electrons. The smallest absolute Gasteiger partial charge is 0.243 e.